The predicted octanol–water partition coefficient (Wildman–Crippen LogP) is 1.21. The summed E-state index contributed by atoms with van der Waals surface area (Å²) in [7, 11) is -4.86. The maximum absolute atomic E-state index is 12.5. The van der Waals surface area contributed by atoms with Gasteiger partial charge >= 0.3 is 25.7 Å². The molecule has 3 atom stereocenters. The first-order valence-corrected chi connectivity index (χ1v) is 9.71. The molecule has 0 aliphatic carbocycles. The molecule has 0 fully saturated rings. The molecule has 26 heavy (non-hydrogen) atoms. The smallest absolute Gasteiger partial charge is 0.393 e. The van der Waals surface area contributed by atoms with Crippen LogP contribution in [0.2, 0.25) is 0 Å². The van der Waals surface area contributed by atoms with E-state index in [1.807, 2.05) is 0 Å². The topological polar surface area (TPSA) is 157 Å². The molecule has 0 aliphatic rings. The Balaban J connectivity index is 4.94. The Bertz CT molecular complexity index is 443. The standard InChI is InChI=1S/C15H27O10P/c1-10(16)4-7-13(19)23-26(22,24-14(20)8-5-11(2)17)25-15(21)9-6-12(3)18/h10-12,16-18H,4-9H2,1-3H3. The van der Waals surface area contributed by atoms with E-state index in [0.29, 0.717) is 0 Å². The Morgan fingerprint density at radius 3 is 1.12 bits per heavy atom. The van der Waals surface area contributed by atoms with E-state index < -0.39 is 44.0 Å². The first-order chi connectivity index (χ1) is 11.9. The minimum absolute atomic E-state index is 0.00474. The fourth-order valence-corrected chi connectivity index (χ4v) is 2.68. The molecule has 152 valence electrons. The number of carbonyl (C=O) groups excluding carboxylic acids is 3. The van der Waals surface area contributed by atoms with E-state index in [1.165, 1.54) is 20.8 Å². The predicted molar refractivity (Wildman–Crippen MR) is 88.6 cm³/mol. The molecule has 3 N–H and O–H groups in total. The highest BCUT2D eigenvalue weighted by atomic mass is 31.2. The van der Waals surface area contributed by atoms with Crippen molar-refractivity contribution >= 4 is 25.7 Å². The number of hydrogen-bond acceptors (Lipinski definition) is 10. The molecule has 0 saturated heterocycles. The summed E-state index contributed by atoms with van der Waals surface area (Å²) >= 11 is 0. The maximum atomic E-state index is 12.5. The summed E-state index contributed by atoms with van der Waals surface area (Å²) in [5.74, 6) is -3.25. The Labute approximate surface area is 152 Å². The van der Waals surface area contributed by atoms with Crippen molar-refractivity contribution in [2.45, 2.75) is 77.6 Å². The van der Waals surface area contributed by atoms with Crippen molar-refractivity contribution in [1.82, 2.24) is 0 Å². The lowest BCUT2D eigenvalue weighted by molar-refractivity contribution is -0.145. The van der Waals surface area contributed by atoms with Gasteiger partial charge in [-0.05, 0) is 40.0 Å². The molecule has 0 rings (SSSR count). The Morgan fingerprint density at radius 2 is 0.923 bits per heavy atom. The van der Waals surface area contributed by atoms with Crippen molar-refractivity contribution in [3.05, 3.63) is 0 Å². The second kappa shape index (κ2) is 12.0. The molecule has 0 aromatic heterocycles. The lowest BCUT2D eigenvalue weighted by atomic mass is 10.2. The lowest BCUT2D eigenvalue weighted by Gasteiger charge is -2.17. The third-order valence-electron chi connectivity index (χ3n) is 2.94. The monoisotopic (exact) mass is 398 g/mol. The molecule has 3 unspecified atom stereocenters. The van der Waals surface area contributed by atoms with Gasteiger partial charge in [-0.15, -0.1) is 0 Å². The summed E-state index contributed by atoms with van der Waals surface area (Å²) in [6, 6.07) is 0. The largest absolute Gasteiger partial charge is 0.653 e. The van der Waals surface area contributed by atoms with Crippen LogP contribution < -0.4 is 0 Å². The molecule has 0 saturated carbocycles. The van der Waals surface area contributed by atoms with Crippen molar-refractivity contribution < 1.29 is 47.8 Å². The van der Waals surface area contributed by atoms with Crippen LogP contribution in [0.25, 0.3) is 0 Å². The van der Waals surface area contributed by atoms with Gasteiger partial charge in [0.15, 0.2) is 0 Å². The highest BCUT2D eigenvalue weighted by Crippen LogP contribution is 2.50. The van der Waals surface area contributed by atoms with Gasteiger partial charge in [-0.3, -0.25) is 14.4 Å². The molecule has 0 amide bonds. The Morgan fingerprint density at radius 1 is 0.692 bits per heavy atom. The highest BCUT2D eigenvalue weighted by molar-refractivity contribution is 7.50. The van der Waals surface area contributed by atoms with E-state index in [4.69, 9.17) is 15.3 Å². The zero-order valence-corrected chi connectivity index (χ0v) is 16.0. The summed E-state index contributed by atoms with van der Waals surface area (Å²) in [5.41, 5.74) is 0. The van der Waals surface area contributed by atoms with Crippen LogP contribution in [0.15, 0.2) is 0 Å². The Hall–Kier alpha value is -1.48. The van der Waals surface area contributed by atoms with E-state index in [9.17, 15) is 18.9 Å². The minimum atomic E-state index is -4.86. The quantitative estimate of drug-likeness (QED) is 0.408. The van der Waals surface area contributed by atoms with Gasteiger partial charge in [0.05, 0.1) is 18.3 Å². The zero-order valence-electron chi connectivity index (χ0n) is 15.1. The van der Waals surface area contributed by atoms with Crippen molar-refractivity contribution in [2.24, 2.45) is 0 Å². The first-order valence-electron chi connectivity index (χ1n) is 8.25. The number of carbonyl (C=O) groups is 3. The van der Waals surface area contributed by atoms with E-state index in [1.54, 1.807) is 0 Å². The fraction of sp³-hybridized carbons (Fsp3) is 0.800. The number of phosphoric ester groups is 1. The molecular formula is C15H27O10P. The molecule has 0 spiro atoms. The number of aliphatic hydroxyl groups excluding tert-OH is 3. The summed E-state index contributed by atoms with van der Waals surface area (Å²) < 4.78 is 26.1. The van der Waals surface area contributed by atoms with Crippen molar-refractivity contribution in [1.29, 1.82) is 0 Å². The number of rotatable bonds is 12. The average Bonchev–Trinajstić information content (AvgIpc) is 2.48. The van der Waals surface area contributed by atoms with Crippen LogP contribution in [0.3, 0.4) is 0 Å². The average molecular weight is 398 g/mol. The maximum Gasteiger partial charge on any atom is 0.653 e. The molecule has 0 bridgehead atoms. The van der Waals surface area contributed by atoms with E-state index in [-0.39, 0.29) is 38.5 Å². The van der Waals surface area contributed by atoms with Gasteiger partial charge in [0.25, 0.3) is 0 Å². The van der Waals surface area contributed by atoms with Gasteiger partial charge in [0.1, 0.15) is 0 Å². The van der Waals surface area contributed by atoms with Gasteiger partial charge in [0, 0.05) is 19.3 Å². The third-order valence-corrected chi connectivity index (χ3v) is 4.22. The van der Waals surface area contributed by atoms with Crippen LogP contribution in [0.1, 0.15) is 59.3 Å². The second-order valence-corrected chi connectivity index (χ2v) is 7.44. The molecule has 11 heteroatoms. The number of hydrogen-bond donors (Lipinski definition) is 3. The zero-order chi connectivity index (χ0) is 20.3. The van der Waals surface area contributed by atoms with Crippen LogP contribution >= 0.6 is 7.82 Å². The van der Waals surface area contributed by atoms with Gasteiger partial charge in [-0.25, -0.2) is 0 Å². The van der Waals surface area contributed by atoms with Crippen LogP contribution in [-0.2, 0) is 32.5 Å². The summed E-state index contributed by atoms with van der Waals surface area (Å²) in [6.45, 7) is 4.29. The molecule has 0 heterocycles. The second-order valence-electron chi connectivity index (χ2n) is 6.00. The first kappa shape index (κ1) is 24.5. The lowest BCUT2D eigenvalue weighted by Crippen LogP contribution is -2.16. The SMILES string of the molecule is CC(O)CCC(=O)OP(=O)(OC(=O)CCC(C)O)OC(=O)CCC(C)O. The fourth-order valence-electron chi connectivity index (χ4n) is 1.55. The van der Waals surface area contributed by atoms with Gasteiger partial charge in [-0.2, -0.15) is 4.57 Å². The molecule has 0 aliphatic heterocycles. The van der Waals surface area contributed by atoms with Gasteiger partial charge in [-0.1, -0.05) is 0 Å². The summed E-state index contributed by atoms with van der Waals surface area (Å²) in [6.07, 6.45) is -3.44. The molecule has 0 aromatic rings. The van der Waals surface area contributed by atoms with Crippen LogP contribution in [0, 0.1) is 0 Å². The van der Waals surface area contributed by atoms with E-state index in [0.717, 1.165) is 0 Å². The van der Waals surface area contributed by atoms with Gasteiger partial charge in [0.2, 0.25) is 0 Å². The highest BCUT2D eigenvalue weighted by Gasteiger charge is 2.39. The van der Waals surface area contributed by atoms with Crippen LogP contribution in [-0.4, -0.2) is 51.5 Å². The molecule has 10 nitrogen and oxygen atoms in total. The van der Waals surface area contributed by atoms with Crippen LogP contribution in [0.4, 0.5) is 0 Å². The molecule has 0 radical (unpaired) electrons. The molecule has 0 aromatic carbocycles. The third kappa shape index (κ3) is 12.8. The van der Waals surface area contributed by atoms with Crippen molar-refractivity contribution in [3.63, 3.8) is 0 Å². The number of aliphatic hydroxyl groups is 3. The summed E-state index contributed by atoms with van der Waals surface area (Å²) in [5, 5.41) is 27.4. The van der Waals surface area contributed by atoms with Gasteiger partial charge < -0.3 is 28.9 Å². The minimum Gasteiger partial charge on any atom is -0.393 e. The van der Waals surface area contributed by atoms with E-state index in [2.05, 4.69) is 13.6 Å². The summed E-state index contributed by atoms with van der Waals surface area (Å²) in [4.78, 5) is 35.1. The van der Waals surface area contributed by atoms with Crippen LogP contribution in [0.5, 0.6) is 0 Å². The van der Waals surface area contributed by atoms with E-state index >= 15 is 0 Å². The van der Waals surface area contributed by atoms with Crippen molar-refractivity contribution in [3.8, 4) is 0 Å². The Kier molecular flexibility index (Phi) is 11.3. The van der Waals surface area contributed by atoms with Crippen molar-refractivity contribution in [2.75, 3.05) is 0 Å². The normalized spacial score (nSPS) is 16.7. The number of phosphoric acid groups is 1. The molecular weight excluding hydrogens is 371 g/mol.